The van der Waals surface area contributed by atoms with E-state index < -0.39 is 17.8 Å². The van der Waals surface area contributed by atoms with Crippen LogP contribution in [0.1, 0.15) is 37.7 Å². The van der Waals surface area contributed by atoms with E-state index in [4.69, 9.17) is 15.1 Å². The molecule has 0 aliphatic carbocycles. The summed E-state index contributed by atoms with van der Waals surface area (Å²) in [5, 5.41) is 17.3. The summed E-state index contributed by atoms with van der Waals surface area (Å²) in [7, 11) is 0. The Kier molecular flexibility index (Phi) is 6.86. The highest BCUT2D eigenvalue weighted by Crippen LogP contribution is 2.26. The van der Waals surface area contributed by atoms with Crippen molar-refractivity contribution in [1.82, 2.24) is 0 Å². The predicted molar refractivity (Wildman–Crippen MR) is 92.9 cm³/mol. The Morgan fingerprint density at radius 3 is 2.35 bits per heavy atom. The summed E-state index contributed by atoms with van der Waals surface area (Å²) in [5.41, 5.74) is 1.46. The number of nitrogens with zero attached hydrogens (tertiary/aromatic N) is 1. The van der Waals surface area contributed by atoms with Crippen LogP contribution < -0.4 is 4.74 Å². The number of halogens is 1. The number of ether oxygens (including phenoxy) is 1. The van der Waals surface area contributed by atoms with Crippen molar-refractivity contribution >= 4 is 11.9 Å². The van der Waals surface area contributed by atoms with Gasteiger partial charge in [0.15, 0.2) is 0 Å². The molecule has 0 aromatic heterocycles. The zero-order valence-electron chi connectivity index (χ0n) is 14.1. The predicted octanol–water partition coefficient (Wildman–Crippen LogP) is 4.30. The van der Waals surface area contributed by atoms with Crippen molar-refractivity contribution in [3.63, 3.8) is 0 Å². The van der Waals surface area contributed by atoms with Gasteiger partial charge in [0.25, 0.3) is 0 Å². The van der Waals surface area contributed by atoms with Gasteiger partial charge in [-0.2, -0.15) is 5.26 Å². The molecule has 2 aromatic carbocycles. The Labute approximate surface area is 150 Å². The second kappa shape index (κ2) is 9.33. The topological polar surface area (TPSA) is 87.4 Å². The van der Waals surface area contributed by atoms with E-state index in [9.17, 15) is 14.0 Å². The molecule has 0 fully saturated rings. The van der Waals surface area contributed by atoms with Crippen LogP contribution in [-0.2, 0) is 9.59 Å². The maximum absolute atomic E-state index is 14.3. The highest BCUT2D eigenvalue weighted by molar-refractivity contribution is 5.73. The SMILES string of the molecule is N#Cc1ccc(-c2ccc(OC(=O)CCCCCC(=O)O)cc2F)cc1. The van der Waals surface area contributed by atoms with Crippen molar-refractivity contribution in [1.29, 1.82) is 5.26 Å². The van der Waals surface area contributed by atoms with Gasteiger partial charge in [-0.3, -0.25) is 9.59 Å². The minimum atomic E-state index is -0.856. The second-order valence-electron chi connectivity index (χ2n) is 5.76. The molecule has 0 unspecified atom stereocenters. The normalized spacial score (nSPS) is 10.2. The molecule has 0 amide bonds. The molecule has 0 spiro atoms. The number of rotatable bonds is 8. The lowest BCUT2D eigenvalue weighted by molar-refractivity contribution is -0.137. The number of carbonyl (C=O) groups is 2. The maximum atomic E-state index is 14.3. The third kappa shape index (κ3) is 5.71. The molecule has 2 aromatic rings. The van der Waals surface area contributed by atoms with Gasteiger partial charge in [-0.15, -0.1) is 0 Å². The fraction of sp³-hybridized carbons (Fsp3) is 0.250. The van der Waals surface area contributed by atoms with Crippen LogP contribution in [0.15, 0.2) is 42.5 Å². The van der Waals surface area contributed by atoms with Gasteiger partial charge in [-0.05, 0) is 42.7 Å². The number of nitriles is 1. The number of carboxylic acids is 1. The summed E-state index contributed by atoms with van der Waals surface area (Å²) in [6.45, 7) is 0. The molecule has 0 saturated heterocycles. The first-order valence-electron chi connectivity index (χ1n) is 8.22. The molecule has 0 saturated carbocycles. The highest BCUT2D eigenvalue weighted by atomic mass is 19.1. The lowest BCUT2D eigenvalue weighted by atomic mass is 10.0. The van der Waals surface area contributed by atoms with Gasteiger partial charge in [-0.1, -0.05) is 18.6 Å². The summed E-state index contributed by atoms with van der Waals surface area (Å²) < 4.78 is 19.4. The lowest BCUT2D eigenvalue weighted by Crippen LogP contribution is -2.08. The molecule has 0 aliphatic rings. The van der Waals surface area contributed by atoms with Crippen LogP contribution >= 0.6 is 0 Å². The summed E-state index contributed by atoms with van der Waals surface area (Å²) in [5.74, 6) is -1.74. The van der Waals surface area contributed by atoms with Gasteiger partial charge in [0.05, 0.1) is 11.6 Å². The number of carbonyl (C=O) groups excluding carboxylic acids is 1. The van der Waals surface area contributed by atoms with Gasteiger partial charge >= 0.3 is 11.9 Å². The first kappa shape index (κ1) is 19.1. The molecule has 26 heavy (non-hydrogen) atoms. The molecule has 2 rings (SSSR count). The molecule has 0 heterocycles. The lowest BCUT2D eigenvalue weighted by Gasteiger charge is -2.08. The summed E-state index contributed by atoms with van der Waals surface area (Å²) in [6.07, 6.45) is 1.89. The minimum Gasteiger partial charge on any atom is -0.481 e. The number of aliphatic carboxylic acids is 1. The number of carboxylic acid groups (broad SMARTS) is 1. The standard InChI is InChI=1S/C20H18FNO4/c21-18-12-16(26-20(25)5-3-1-2-4-19(23)24)10-11-17(18)15-8-6-14(13-22)7-9-15/h6-12H,1-5H2,(H,23,24). The van der Waals surface area contributed by atoms with Crippen molar-refractivity contribution in [3.05, 3.63) is 53.8 Å². The minimum absolute atomic E-state index is 0.0804. The zero-order valence-corrected chi connectivity index (χ0v) is 14.1. The van der Waals surface area contributed by atoms with E-state index in [1.165, 1.54) is 12.1 Å². The molecule has 134 valence electrons. The van der Waals surface area contributed by atoms with Crippen LogP contribution in [-0.4, -0.2) is 17.0 Å². The van der Waals surface area contributed by atoms with E-state index in [2.05, 4.69) is 0 Å². The van der Waals surface area contributed by atoms with E-state index in [1.54, 1.807) is 24.3 Å². The smallest absolute Gasteiger partial charge is 0.311 e. The molecule has 0 radical (unpaired) electrons. The molecule has 5 nitrogen and oxygen atoms in total. The average Bonchev–Trinajstić information content (AvgIpc) is 2.61. The van der Waals surface area contributed by atoms with Crippen LogP contribution in [0.5, 0.6) is 5.75 Å². The molecular formula is C20H18FNO4. The molecule has 0 aliphatic heterocycles. The van der Waals surface area contributed by atoms with Gasteiger partial charge in [0.1, 0.15) is 11.6 Å². The van der Waals surface area contributed by atoms with Crippen LogP contribution in [0.4, 0.5) is 4.39 Å². The Hall–Kier alpha value is -3.20. The average molecular weight is 355 g/mol. The molecule has 1 N–H and O–H groups in total. The molecular weight excluding hydrogens is 337 g/mol. The fourth-order valence-corrected chi connectivity index (χ4v) is 2.42. The van der Waals surface area contributed by atoms with E-state index >= 15 is 0 Å². The summed E-state index contributed by atoms with van der Waals surface area (Å²) >= 11 is 0. The Balaban J connectivity index is 1.91. The van der Waals surface area contributed by atoms with E-state index in [1.807, 2.05) is 6.07 Å². The van der Waals surface area contributed by atoms with Crippen LogP contribution in [0.3, 0.4) is 0 Å². The fourth-order valence-electron chi connectivity index (χ4n) is 2.42. The summed E-state index contributed by atoms with van der Waals surface area (Å²) in [4.78, 5) is 22.1. The monoisotopic (exact) mass is 355 g/mol. The number of esters is 1. The van der Waals surface area contributed by atoms with Gasteiger partial charge in [-0.25, -0.2) is 4.39 Å². The van der Waals surface area contributed by atoms with Crippen molar-refractivity contribution in [2.24, 2.45) is 0 Å². The van der Waals surface area contributed by atoms with Crippen molar-refractivity contribution in [2.75, 3.05) is 0 Å². The van der Waals surface area contributed by atoms with E-state index in [-0.39, 0.29) is 18.6 Å². The second-order valence-corrected chi connectivity index (χ2v) is 5.76. The quantitative estimate of drug-likeness (QED) is 0.433. The maximum Gasteiger partial charge on any atom is 0.311 e. The van der Waals surface area contributed by atoms with Crippen molar-refractivity contribution in [3.8, 4) is 22.9 Å². The highest BCUT2D eigenvalue weighted by Gasteiger charge is 2.10. The van der Waals surface area contributed by atoms with Crippen LogP contribution in [0.25, 0.3) is 11.1 Å². The number of hydrogen-bond donors (Lipinski definition) is 1. The Morgan fingerprint density at radius 2 is 1.73 bits per heavy atom. The number of benzene rings is 2. The van der Waals surface area contributed by atoms with E-state index in [0.29, 0.717) is 36.0 Å². The number of hydrogen-bond acceptors (Lipinski definition) is 4. The number of unbranched alkanes of at least 4 members (excludes halogenated alkanes) is 2. The van der Waals surface area contributed by atoms with E-state index in [0.717, 1.165) is 6.07 Å². The van der Waals surface area contributed by atoms with Gasteiger partial charge in [0, 0.05) is 24.5 Å². The first-order valence-corrected chi connectivity index (χ1v) is 8.22. The van der Waals surface area contributed by atoms with Gasteiger partial charge < -0.3 is 9.84 Å². The van der Waals surface area contributed by atoms with Crippen molar-refractivity contribution in [2.45, 2.75) is 32.1 Å². The molecule has 6 heteroatoms. The zero-order chi connectivity index (χ0) is 18.9. The Morgan fingerprint density at radius 1 is 1.04 bits per heavy atom. The third-order valence-corrected chi connectivity index (χ3v) is 3.77. The van der Waals surface area contributed by atoms with Crippen LogP contribution in [0, 0.1) is 17.1 Å². The van der Waals surface area contributed by atoms with Crippen molar-refractivity contribution < 1.29 is 23.8 Å². The Bertz CT molecular complexity index is 825. The molecule has 0 atom stereocenters. The largest absolute Gasteiger partial charge is 0.481 e. The van der Waals surface area contributed by atoms with Crippen LogP contribution in [0.2, 0.25) is 0 Å². The molecule has 0 bridgehead atoms. The summed E-state index contributed by atoms with van der Waals surface area (Å²) in [6, 6.07) is 12.7. The van der Waals surface area contributed by atoms with Gasteiger partial charge in [0.2, 0.25) is 0 Å². The first-order chi connectivity index (χ1) is 12.5. The third-order valence-electron chi connectivity index (χ3n) is 3.77.